The molecule has 1 aromatic carbocycles. The van der Waals surface area contributed by atoms with E-state index in [9.17, 15) is 13.2 Å². The zero-order chi connectivity index (χ0) is 25.9. The molecule has 1 aliphatic carbocycles. The van der Waals surface area contributed by atoms with Gasteiger partial charge in [-0.2, -0.15) is 0 Å². The molecule has 1 amide bonds. The van der Waals surface area contributed by atoms with Crippen LogP contribution in [0.25, 0.3) is 0 Å². The van der Waals surface area contributed by atoms with Gasteiger partial charge >= 0.3 is 0 Å². The summed E-state index contributed by atoms with van der Waals surface area (Å²) in [4.78, 5) is 21.6. The van der Waals surface area contributed by atoms with E-state index in [0.29, 0.717) is 40.9 Å². The van der Waals surface area contributed by atoms with Crippen molar-refractivity contribution in [1.82, 2.24) is 15.3 Å². The number of hydrogen-bond donors (Lipinski definition) is 3. The molecule has 0 atom stereocenters. The van der Waals surface area contributed by atoms with Crippen molar-refractivity contribution in [3.05, 3.63) is 65.6 Å². The maximum absolute atomic E-state index is 12.9. The molecule has 3 N–H and O–H groups in total. The number of nitrogens with zero attached hydrogens (tertiary/aromatic N) is 3. The number of nitrogens with one attached hydrogen (secondary N) is 3. The average molecular weight is 509 g/mol. The summed E-state index contributed by atoms with van der Waals surface area (Å²) in [5.41, 5.74) is 4.72. The van der Waals surface area contributed by atoms with Crippen LogP contribution in [0.3, 0.4) is 0 Å². The highest BCUT2D eigenvalue weighted by molar-refractivity contribution is 7.92. The second kappa shape index (κ2) is 10.5. The van der Waals surface area contributed by atoms with Gasteiger partial charge in [-0.15, -0.1) is 0 Å². The molecule has 2 aromatic heterocycles. The number of aryl methyl sites for hydroxylation is 1. The molecule has 190 valence electrons. The fourth-order valence-corrected chi connectivity index (χ4v) is 4.25. The number of carbonyl (C=O) groups is 1. The minimum atomic E-state index is -3.50. The summed E-state index contributed by atoms with van der Waals surface area (Å²) in [7, 11) is -1.97. The van der Waals surface area contributed by atoms with Gasteiger partial charge in [-0.05, 0) is 61.9 Å². The van der Waals surface area contributed by atoms with E-state index in [0.717, 1.165) is 36.2 Å². The van der Waals surface area contributed by atoms with E-state index in [4.69, 9.17) is 0 Å². The minimum Gasteiger partial charge on any atom is -0.353 e. The van der Waals surface area contributed by atoms with Crippen molar-refractivity contribution in [2.75, 3.05) is 34.8 Å². The van der Waals surface area contributed by atoms with Crippen LogP contribution in [-0.4, -0.2) is 44.1 Å². The fourth-order valence-electron chi connectivity index (χ4n) is 3.74. The largest absolute Gasteiger partial charge is 0.353 e. The molecule has 36 heavy (non-hydrogen) atoms. The highest BCUT2D eigenvalue weighted by Gasteiger charge is 2.26. The van der Waals surface area contributed by atoms with Gasteiger partial charge in [-0.1, -0.05) is 13.0 Å². The predicted octanol–water partition coefficient (Wildman–Crippen LogP) is 4.69. The summed E-state index contributed by atoms with van der Waals surface area (Å²) in [6.07, 6.45) is 7.40. The summed E-state index contributed by atoms with van der Waals surface area (Å²) >= 11 is 0. The lowest BCUT2D eigenvalue weighted by atomic mass is 10.1. The SMILES string of the molecule is CCCNC(=O)c1cnc(Nc2ccc(C)nc2)cc1Nc1ccc(C2CC2)cc1N(C)S(C)(=O)=O. The lowest BCUT2D eigenvalue weighted by Gasteiger charge is -2.23. The number of pyridine rings is 2. The van der Waals surface area contributed by atoms with Crippen LogP contribution in [-0.2, 0) is 10.0 Å². The molecule has 9 nitrogen and oxygen atoms in total. The van der Waals surface area contributed by atoms with Crippen LogP contribution in [0.2, 0.25) is 0 Å². The molecule has 0 bridgehead atoms. The highest BCUT2D eigenvalue weighted by atomic mass is 32.2. The van der Waals surface area contributed by atoms with Crippen molar-refractivity contribution in [2.45, 2.75) is 39.0 Å². The number of carbonyl (C=O) groups excluding carboxylic acids is 1. The maximum atomic E-state index is 12.9. The van der Waals surface area contributed by atoms with Crippen molar-refractivity contribution in [3.63, 3.8) is 0 Å². The third-order valence-corrected chi connectivity index (χ3v) is 7.24. The van der Waals surface area contributed by atoms with Gasteiger partial charge in [0.1, 0.15) is 5.82 Å². The van der Waals surface area contributed by atoms with E-state index < -0.39 is 10.0 Å². The van der Waals surface area contributed by atoms with Crippen molar-refractivity contribution < 1.29 is 13.2 Å². The van der Waals surface area contributed by atoms with Crippen LogP contribution < -0.4 is 20.3 Å². The molecule has 0 radical (unpaired) electrons. The van der Waals surface area contributed by atoms with Gasteiger partial charge in [0.25, 0.3) is 5.91 Å². The molecule has 2 heterocycles. The van der Waals surface area contributed by atoms with E-state index in [-0.39, 0.29) is 5.91 Å². The zero-order valence-electron chi connectivity index (χ0n) is 21.0. The first-order valence-corrected chi connectivity index (χ1v) is 13.8. The molecule has 0 saturated heterocycles. The molecule has 3 aromatic rings. The number of amides is 1. The average Bonchev–Trinajstić information content (AvgIpc) is 3.69. The van der Waals surface area contributed by atoms with Gasteiger partial charge in [-0.3, -0.25) is 14.1 Å². The molecule has 0 unspecified atom stereocenters. The van der Waals surface area contributed by atoms with E-state index in [1.807, 2.05) is 44.2 Å². The maximum Gasteiger partial charge on any atom is 0.254 e. The van der Waals surface area contributed by atoms with Crippen molar-refractivity contribution in [2.24, 2.45) is 0 Å². The third kappa shape index (κ3) is 6.12. The van der Waals surface area contributed by atoms with Crippen LogP contribution in [0, 0.1) is 6.92 Å². The minimum absolute atomic E-state index is 0.261. The first kappa shape index (κ1) is 25.4. The van der Waals surface area contributed by atoms with Gasteiger partial charge in [-0.25, -0.2) is 13.4 Å². The Morgan fingerprint density at radius 2 is 1.83 bits per heavy atom. The number of hydrogen-bond acceptors (Lipinski definition) is 7. The van der Waals surface area contributed by atoms with E-state index >= 15 is 0 Å². The molecule has 0 aliphatic heterocycles. The Labute approximate surface area is 212 Å². The summed E-state index contributed by atoms with van der Waals surface area (Å²) < 4.78 is 26.1. The van der Waals surface area contributed by atoms with Crippen molar-refractivity contribution in [3.8, 4) is 0 Å². The Morgan fingerprint density at radius 3 is 2.47 bits per heavy atom. The molecule has 4 rings (SSSR count). The first-order valence-electron chi connectivity index (χ1n) is 12.0. The van der Waals surface area contributed by atoms with E-state index in [2.05, 4.69) is 25.9 Å². The van der Waals surface area contributed by atoms with Crippen LogP contribution in [0.4, 0.5) is 28.6 Å². The summed E-state index contributed by atoms with van der Waals surface area (Å²) in [5.74, 6) is 0.715. The van der Waals surface area contributed by atoms with Gasteiger partial charge in [0.2, 0.25) is 10.0 Å². The first-order chi connectivity index (χ1) is 17.2. The number of aromatic nitrogens is 2. The smallest absolute Gasteiger partial charge is 0.254 e. The Balaban J connectivity index is 1.73. The normalized spacial score (nSPS) is 13.2. The zero-order valence-corrected chi connectivity index (χ0v) is 21.8. The number of sulfonamides is 1. The second-order valence-corrected chi connectivity index (χ2v) is 11.1. The topological polar surface area (TPSA) is 116 Å². The number of anilines is 5. The van der Waals surface area contributed by atoms with Gasteiger partial charge < -0.3 is 16.0 Å². The summed E-state index contributed by atoms with van der Waals surface area (Å²) in [5, 5.41) is 9.41. The molecule has 1 fully saturated rings. The fraction of sp³-hybridized carbons (Fsp3) is 0.346. The van der Waals surface area contributed by atoms with Crippen LogP contribution in [0.1, 0.15) is 53.7 Å². The van der Waals surface area contributed by atoms with Gasteiger partial charge in [0, 0.05) is 31.5 Å². The van der Waals surface area contributed by atoms with Crippen molar-refractivity contribution >= 4 is 44.5 Å². The lowest BCUT2D eigenvalue weighted by Crippen LogP contribution is -2.26. The molecule has 1 aliphatic rings. The summed E-state index contributed by atoms with van der Waals surface area (Å²) in [6.45, 7) is 4.42. The third-order valence-electron chi connectivity index (χ3n) is 6.04. The predicted molar refractivity (Wildman–Crippen MR) is 144 cm³/mol. The van der Waals surface area contributed by atoms with Crippen LogP contribution in [0.5, 0.6) is 0 Å². The van der Waals surface area contributed by atoms with Crippen molar-refractivity contribution in [1.29, 1.82) is 0 Å². The highest BCUT2D eigenvalue weighted by Crippen LogP contribution is 2.43. The Kier molecular flexibility index (Phi) is 7.44. The van der Waals surface area contributed by atoms with E-state index in [1.54, 1.807) is 12.3 Å². The standard InChI is InChI=1S/C26H32N6O3S/c1-5-12-27-26(33)21-16-29-25(30-20-10-6-17(2)28-15-20)14-23(21)31-22-11-9-19(18-7-8-18)13-24(22)32(3)36(4,34)35/h6,9-11,13-16,18H,5,7-8,12H2,1-4H3,(H,27,33)(H2,29,30,31). The molecular weight excluding hydrogens is 476 g/mol. The number of rotatable bonds is 10. The van der Waals surface area contributed by atoms with E-state index in [1.165, 1.54) is 23.8 Å². The summed E-state index contributed by atoms with van der Waals surface area (Å²) in [6, 6.07) is 11.3. The molecule has 0 spiro atoms. The second-order valence-electron chi connectivity index (χ2n) is 9.09. The van der Waals surface area contributed by atoms with Crippen LogP contribution in [0.15, 0.2) is 48.8 Å². The Morgan fingerprint density at radius 1 is 1.06 bits per heavy atom. The quantitative estimate of drug-likeness (QED) is 0.364. The van der Waals surface area contributed by atoms with Crippen LogP contribution >= 0.6 is 0 Å². The lowest BCUT2D eigenvalue weighted by molar-refractivity contribution is 0.0954. The Bertz CT molecular complexity index is 1350. The molecule has 1 saturated carbocycles. The Hall–Kier alpha value is -3.66. The number of benzene rings is 1. The molecular formula is C26H32N6O3S. The van der Waals surface area contributed by atoms with Gasteiger partial charge in [0.15, 0.2) is 0 Å². The monoisotopic (exact) mass is 508 g/mol. The molecule has 10 heteroatoms. The van der Waals surface area contributed by atoms with Gasteiger partial charge in [0.05, 0.1) is 40.8 Å².